The number of ether oxygens (including phenoxy) is 1. The van der Waals surface area contributed by atoms with E-state index in [2.05, 4.69) is 0 Å². The predicted molar refractivity (Wildman–Crippen MR) is 109 cm³/mol. The first kappa shape index (κ1) is 18.0. The summed E-state index contributed by atoms with van der Waals surface area (Å²) in [5, 5.41) is 0. The molecule has 0 radical (unpaired) electrons. The van der Waals surface area contributed by atoms with E-state index in [9.17, 15) is 9.59 Å². The summed E-state index contributed by atoms with van der Waals surface area (Å²) in [6.45, 7) is 0.481. The van der Waals surface area contributed by atoms with Crippen LogP contribution < -0.4 is 9.64 Å². The molecule has 3 aromatic rings. The summed E-state index contributed by atoms with van der Waals surface area (Å²) >= 11 is 0. The molecule has 140 valence electrons. The summed E-state index contributed by atoms with van der Waals surface area (Å²) in [7, 11) is 1.60. The summed E-state index contributed by atoms with van der Waals surface area (Å²) in [6.07, 6.45) is 0.147. The van der Waals surface area contributed by atoms with E-state index in [4.69, 9.17) is 4.74 Å². The van der Waals surface area contributed by atoms with E-state index < -0.39 is 5.92 Å². The maximum absolute atomic E-state index is 13.3. The molecule has 0 fully saturated rings. The van der Waals surface area contributed by atoms with Gasteiger partial charge in [-0.2, -0.15) is 0 Å². The quantitative estimate of drug-likeness (QED) is 0.595. The van der Waals surface area contributed by atoms with Crippen LogP contribution in [-0.2, 0) is 11.3 Å². The van der Waals surface area contributed by atoms with Gasteiger partial charge in [0.2, 0.25) is 5.91 Å². The largest absolute Gasteiger partial charge is 0.497 e. The van der Waals surface area contributed by atoms with Crippen LogP contribution in [0.1, 0.15) is 33.8 Å². The number of amides is 1. The van der Waals surface area contributed by atoms with Crippen LogP contribution in [0, 0.1) is 0 Å². The van der Waals surface area contributed by atoms with Gasteiger partial charge in [-0.25, -0.2) is 0 Å². The van der Waals surface area contributed by atoms with Crippen molar-refractivity contribution >= 4 is 17.4 Å². The second kappa shape index (κ2) is 7.69. The van der Waals surface area contributed by atoms with E-state index in [0.717, 1.165) is 16.8 Å². The Hall–Kier alpha value is -3.40. The van der Waals surface area contributed by atoms with Crippen LogP contribution in [0.4, 0.5) is 5.69 Å². The molecule has 0 bridgehead atoms. The molecule has 1 unspecified atom stereocenters. The van der Waals surface area contributed by atoms with E-state index in [1.54, 1.807) is 24.1 Å². The number of hydrogen-bond acceptors (Lipinski definition) is 3. The Morgan fingerprint density at radius 1 is 0.964 bits per heavy atom. The van der Waals surface area contributed by atoms with Crippen molar-refractivity contribution in [2.45, 2.75) is 18.9 Å². The Bertz CT molecular complexity index is 999. The van der Waals surface area contributed by atoms with Crippen LogP contribution in [0.25, 0.3) is 0 Å². The van der Waals surface area contributed by atoms with Crippen LogP contribution in [0.5, 0.6) is 5.75 Å². The summed E-state index contributed by atoms with van der Waals surface area (Å²) < 4.78 is 5.35. The number of rotatable bonds is 6. The second-order valence-corrected chi connectivity index (χ2v) is 6.88. The summed E-state index contributed by atoms with van der Waals surface area (Å²) in [5.74, 6) is 0.109. The number of nitrogens with zero attached hydrogens (tertiary/aromatic N) is 1. The number of ketones is 1. The van der Waals surface area contributed by atoms with Crippen LogP contribution in [0.15, 0.2) is 78.9 Å². The molecule has 1 aliphatic heterocycles. The van der Waals surface area contributed by atoms with Gasteiger partial charge in [0.1, 0.15) is 5.75 Å². The fourth-order valence-electron chi connectivity index (χ4n) is 3.68. The normalized spacial score (nSPS) is 15.4. The van der Waals surface area contributed by atoms with Crippen molar-refractivity contribution in [2.75, 3.05) is 12.0 Å². The predicted octanol–water partition coefficient (Wildman–Crippen LogP) is 4.60. The summed E-state index contributed by atoms with van der Waals surface area (Å²) in [5.41, 5.74) is 3.37. The third kappa shape index (κ3) is 3.41. The maximum atomic E-state index is 13.3. The zero-order valence-electron chi connectivity index (χ0n) is 15.7. The number of benzene rings is 3. The van der Waals surface area contributed by atoms with Crippen LogP contribution >= 0.6 is 0 Å². The lowest BCUT2D eigenvalue weighted by molar-refractivity contribution is -0.119. The fourth-order valence-corrected chi connectivity index (χ4v) is 3.68. The molecule has 0 saturated heterocycles. The molecule has 0 spiro atoms. The molecular formula is C24H21NO3. The minimum absolute atomic E-state index is 0.0331. The second-order valence-electron chi connectivity index (χ2n) is 6.88. The Labute approximate surface area is 164 Å². The van der Waals surface area contributed by atoms with Gasteiger partial charge in [-0.05, 0) is 29.3 Å². The van der Waals surface area contributed by atoms with Gasteiger partial charge in [-0.15, -0.1) is 0 Å². The van der Waals surface area contributed by atoms with Gasteiger partial charge in [0, 0.05) is 17.7 Å². The number of fused-ring (bicyclic) bond motifs is 1. The highest BCUT2D eigenvalue weighted by molar-refractivity contribution is 6.09. The van der Waals surface area contributed by atoms with E-state index >= 15 is 0 Å². The lowest BCUT2D eigenvalue weighted by Gasteiger charge is -2.18. The van der Waals surface area contributed by atoms with Gasteiger partial charge >= 0.3 is 0 Å². The van der Waals surface area contributed by atoms with E-state index in [0.29, 0.717) is 17.9 Å². The van der Waals surface area contributed by atoms with Crippen molar-refractivity contribution in [3.8, 4) is 5.75 Å². The van der Waals surface area contributed by atoms with Gasteiger partial charge < -0.3 is 9.64 Å². The van der Waals surface area contributed by atoms with Crippen molar-refractivity contribution in [3.05, 3.63) is 95.6 Å². The lowest BCUT2D eigenvalue weighted by atomic mass is 9.92. The first-order valence-corrected chi connectivity index (χ1v) is 9.29. The van der Waals surface area contributed by atoms with Crippen LogP contribution in [-0.4, -0.2) is 18.8 Å². The van der Waals surface area contributed by atoms with Gasteiger partial charge in [0.25, 0.3) is 0 Å². The highest BCUT2D eigenvalue weighted by atomic mass is 16.5. The minimum Gasteiger partial charge on any atom is -0.497 e. The van der Waals surface area contributed by atoms with Gasteiger partial charge in [0.05, 0.1) is 19.6 Å². The van der Waals surface area contributed by atoms with Gasteiger partial charge in [-0.3, -0.25) is 9.59 Å². The highest BCUT2D eigenvalue weighted by Gasteiger charge is 2.38. The van der Waals surface area contributed by atoms with E-state index in [1.165, 1.54) is 0 Å². The van der Waals surface area contributed by atoms with Crippen molar-refractivity contribution in [2.24, 2.45) is 0 Å². The first-order chi connectivity index (χ1) is 13.7. The van der Waals surface area contributed by atoms with E-state index in [1.807, 2.05) is 66.7 Å². The molecule has 4 rings (SSSR count). The smallest absolute Gasteiger partial charge is 0.235 e. The molecule has 28 heavy (non-hydrogen) atoms. The van der Waals surface area contributed by atoms with Crippen molar-refractivity contribution in [1.82, 2.24) is 0 Å². The zero-order valence-corrected chi connectivity index (χ0v) is 15.7. The van der Waals surface area contributed by atoms with Gasteiger partial charge in [0.15, 0.2) is 5.78 Å². The van der Waals surface area contributed by atoms with Crippen LogP contribution in [0.3, 0.4) is 0 Å². The number of Topliss-reactive ketones (excluding diaryl/α,β-unsaturated/α-hetero) is 1. The fraction of sp³-hybridized carbons (Fsp3) is 0.167. The maximum Gasteiger partial charge on any atom is 0.235 e. The average Bonchev–Trinajstić information content (AvgIpc) is 3.00. The molecule has 1 atom stereocenters. The summed E-state index contributed by atoms with van der Waals surface area (Å²) in [4.78, 5) is 27.8. The molecule has 4 heteroatoms. The highest BCUT2D eigenvalue weighted by Crippen LogP contribution is 2.42. The first-order valence-electron chi connectivity index (χ1n) is 9.29. The third-order valence-corrected chi connectivity index (χ3v) is 5.13. The molecule has 4 nitrogen and oxygen atoms in total. The van der Waals surface area contributed by atoms with Crippen molar-refractivity contribution < 1.29 is 14.3 Å². The standard InChI is InChI=1S/C24H21NO3/c1-28-19-12-13-22-20(14-19)21(15-23(26)18-10-6-3-7-11-18)24(27)25(22)16-17-8-4-2-5-9-17/h2-14,21H,15-16H2,1H3. The number of methoxy groups -OCH3 is 1. The molecular weight excluding hydrogens is 350 g/mol. The topological polar surface area (TPSA) is 46.6 Å². The average molecular weight is 371 g/mol. The van der Waals surface area contributed by atoms with Crippen molar-refractivity contribution in [3.63, 3.8) is 0 Å². The monoisotopic (exact) mass is 371 g/mol. The third-order valence-electron chi connectivity index (χ3n) is 5.13. The van der Waals surface area contributed by atoms with Gasteiger partial charge in [-0.1, -0.05) is 60.7 Å². The Kier molecular flexibility index (Phi) is 4.94. The number of carbonyl (C=O) groups excluding carboxylic acids is 2. The molecule has 1 aliphatic rings. The number of carbonyl (C=O) groups is 2. The number of anilines is 1. The van der Waals surface area contributed by atoms with E-state index in [-0.39, 0.29) is 18.1 Å². The SMILES string of the molecule is COc1ccc2c(c1)C(CC(=O)c1ccccc1)C(=O)N2Cc1ccccc1. The Morgan fingerprint density at radius 3 is 2.32 bits per heavy atom. The summed E-state index contributed by atoms with van der Waals surface area (Å²) in [6, 6.07) is 24.6. The molecule has 3 aromatic carbocycles. The Morgan fingerprint density at radius 2 is 1.64 bits per heavy atom. The zero-order chi connectivity index (χ0) is 19.5. The minimum atomic E-state index is -0.499. The molecule has 0 aliphatic carbocycles. The van der Waals surface area contributed by atoms with Crippen LogP contribution in [0.2, 0.25) is 0 Å². The molecule has 0 N–H and O–H groups in total. The Balaban J connectivity index is 1.67. The molecule has 1 amide bonds. The van der Waals surface area contributed by atoms with Crippen molar-refractivity contribution in [1.29, 1.82) is 0 Å². The lowest BCUT2D eigenvalue weighted by Crippen LogP contribution is -2.29. The number of hydrogen-bond donors (Lipinski definition) is 0. The molecule has 0 saturated carbocycles. The molecule has 0 aromatic heterocycles. The molecule has 1 heterocycles.